The van der Waals surface area contributed by atoms with Crippen molar-refractivity contribution in [1.82, 2.24) is 0 Å². The highest BCUT2D eigenvalue weighted by atomic mass is 28.4. The molecule has 2 nitrogen and oxygen atoms in total. The van der Waals surface area contributed by atoms with Gasteiger partial charge in [-0.15, -0.1) is 0 Å². The van der Waals surface area contributed by atoms with E-state index in [0.29, 0.717) is 6.42 Å². The smallest absolute Gasteiger partial charge is 0.292 e. The summed E-state index contributed by atoms with van der Waals surface area (Å²) in [5, 5.41) is 0. The quantitative estimate of drug-likeness (QED) is 0.200. The molecule has 0 aliphatic carbocycles. The van der Waals surface area contributed by atoms with Gasteiger partial charge in [-0.05, 0) is 25.2 Å². The van der Waals surface area contributed by atoms with Crippen molar-refractivity contribution in [2.45, 2.75) is 129 Å². The zero-order chi connectivity index (χ0) is 19.2. The fraction of sp³-hybridized carbons (Fsp3) is 0.952. The lowest BCUT2D eigenvalue weighted by Crippen LogP contribution is -2.41. The van der Waals surface area contributed by atoms with Crippen LogP contribution in [0.1, 0.15) is 90.4 Å². The zero-order valence-electron chi connectivity index (χ0n) is 18.2. The fourth-order valence-electron chi connectivity index (χ4n) is 3.78. The van der Waals surface area contributed by atoms with Gasteiger partial charge in [-0.3, -0.25) is 4.79 Å². The molecule has 0 amide bonds. The lowest BCUT2D eigenvalue weighted by Gasteiger charge is -2.28. The molecule has 0 unspecified atom stereocenters. The second-order valence-corrected chi connectivity index (χ2v) is 19.9. The van der Waals surface area contributed by atoms with E-state index in [1.54, 1.807) is 0 Å². The molecule has 0 atom stereocenters. The number of carbonyl (C=O) groups excluding carboxylic acids is 1. The molecular formula is C21H46O2Si2. The molecular weight excluding hydrogens is 340 g/mol. The van der Waals surface area contributed by atoms with E-state index in [-0.39, 0.29) is 5.97 Å². The van der Waals surface area contributed by atoms with Crippen LogP contribution in [-0.4, -0.2) is 22.4 Å². The third-order valence-corrected chi connectivity index (χ3v) is 13.0. The molecule has 0 aliphatic heterocycles. The van der Waals surface area contributed by atoms with Crippen molar-refractivity contribution < 1.29 is 9.22 Å². The second kappa shape index (κ2) is 14.0. The second-order valence-electron chi connectivity index (χ2n) is 9.61. The molecule has 0 saturated heterocycles. The van der Waals surface area contributed by atoms with E-state index in [9.17, 15) is 4.79 Å². The van der Waals surface area contributed by atoms with Gasteiger partial charge in [0, 0.05) is 14.5 Å². The molecule has 0 spiro atoms. The highest BCUT2D eigenvalue weighted by Gasteiger charge is 2.33. The molecule has 0 aromatic carbocycles. The lowest BCUT2D eigenvalue weighted by molar-refractivity contribution is -0.135. The van der Waals surface area contributed by atoms with Gasteiger partial charge in [0.25, 0.3) is 5.97 Å². The molecule has 0 fully saturated rings. The summed E-state index contributed by atoms with van der Waals surface area (Å²) in [6.07, 6.45) is 16.6. The predicted molar refractivity (Wildman–Crippen MR) is 117 cm³/mol. The molecule has 0 aromatic heterocycles. The van der Waals surface area contributed by atoms with Crippen LogP contribution in [0.15, 0.2) is 0 Å². The standard InChI is InChI=1S/C21H46O2Si2/c1-7-8-9-10-11-12-13-14-15-16-17-18-19-21(22)23-25(5,6)20-24(2,3)4/h7-20H2,1-6H3. The van der Waals surface area contributed by atoms with Gasteiger partial charge in [0.05, 0.1) is 0 Å². The van der Waals surface area contributed by atoms with Gasteiger partial charge in [0.2, 0.25) is 8.32 Å². The van der Waals surface area contributed by atoms with Crippen molar-refractivity contribution in [2.24, 2.45) is 0 Å². The molecule has 0 heterocycles. The molecule has 0 rings (SSSR count). The third-order valence-electron chi connectivity index (χ3n) is 4.58. The molecule has 0 aliphatic rings. The Balaban J connectivity index is 3.49. The third kappa shape index (κ3) is 18.5. The Morgan fingerprint density at radius 1 is 0.680 bits per heavy atom. The topological polar surface area (TPSA) is 26.3 Å². The molecule has 0 N–H and O–H groups in total. The minimum Gasteiger partial charge on any atom is -0.520 e. The zero-order valence-corrected chi connectivity index (χ0v) is 20.2. The van der Waals surface area contributed by atoms with Crippen LogP contribution in [0.5, 0.6) is 0 Å². The number of hydrogen-bond donors (Lipinski definition) is 0. The molecule has 150 valence electrons. The molecule has 0 saturated carbocycles. The van der Waals surface area contributed by atoms with E-state index < -0.39 is 16.4 Å². The van der Waals surface area contributed by atoms with Crippen molar-refractivity contribution in [3.05, 3.63) is 0 Å². The number of rotatable bonds is 16. The van der Waals surface area contributed by atoms with E-state index in [4.69, 9.17) is 4.43 Å². The maximum atomic E-state index is 12.1. The van der Waals surface area contributed by atoms with E-state index in [2.05, 4.69) is 39.7 Å². The Kier molecular flexibility index (Phi) is 14.0. The first-order valence-electron chi connectivity index (χ1n) is 10.9. The largest absolute Gasteiger partial charge is 0.520 e. The van der Waals surface area contributed by atoms with Crippen LogP contribution in [-0.2, 0) is 9.22 Å². The highest BCUT2D eigenvalue weighted by molar-refractivity contribution is 6.92. The van der Waals surface area contributed by atoms with Crippen LogP contribution in [0.4, 0.5) is 0 Å². The Bertz CT molecular complexity index is 335. The minimum atomic E-state index is -1.79. The summed E-state index contributed by atoms with van der Waals surface area (Å²) in [5.41, 5.74) is 1.17. The van der Waals surface area contributed by atoms with E-state index in [1.165, 1.54) is 76.3 Å². The Morgan fingerprint density at radius 3 is 1.48 bits per heavy atom. The van der Waals surface area contributed by atoms with Crippen molar-refractivity contribution in [1.29, 1.82) is 0 Å². The molecule has 25 heavy (non-hydrogen) atoms. The van der Waals surface area contributed by atoms with Gasteiger partial charge in [-0.1, -0.05) is 97.2 Å². The summed E-state index contributed by atoms with van der Waals surface area (Å²) in [7, 11) is -2.94. The number of hydrogen-bond acceptors (Lipinski definition) is 2. The summed E-state index contributed by atoms with van der Waals surface area (Å²) < 4.78 is 5.85. The minimum absolute atomic E-state index is 0.0574. The normalized spacial score (nSPS) is 12.4. The van der Waals surface area contributed by atoms with Crippen LogP contribution in [0.2, 0.25) is 38.4 Å². The van der Waals surface area contributed by atoms with Crippen LogP contribution >= 0.6 is 0 Å². The number of carbonyl (C=O) groups is 1. The van der Waals surface area contributed by atoms with E-state index >= 15 is 0 Å². The van der Waals surface area contributed by atoms with Crippen molar-refractivity contribution in [3.63, 3.8) is 0 Å². The fourth-order valence-corrected chi connectivity index (χ4v) is 15.0. The van der Waals surface area contributed by atoms with Crippen LogP contribution in [0.3, 0.4) is 0 Å². The van der Waals surface area contributed by atoms with Gasteiger partial charge < -0.3 is 4.43 Å². The Hall–Kier alpha value is -0.0962. The molecule has 0 radical (unpaired) electrons. The summed E-state index contributed by atoms with van der Waals surface area (Å²) >= 11 is 0. The summed E-state index contributed by atoms with van der Waals surface area (Å²) in [6, 6.07) is 0. The van der Waals surface area contributed by atoms with Crippen molar-refractivity contribution in [3.8, 4) is 0 Å². The SMILES string of the molecule is CCCCCCCCCCCCCCC(=O)O[Si](C)(C)C[Si](C)(C)C. The van der Waals surface area contributed by atoms with Crippen LogP contribution in [0, 0.1) is 0 Å². The average Bonchev–Trinajstić information content (AvgIpc) is 2.45. The average molecular weight is 387 g/mol. The Morgan fingerprint density at radius 2 is 1.08 bits per heavy atom. The van der Waals surface area contributed by atoms with E-state index in [1.807, 2.05) is 0 Å². The van der Waals surface area contributed by atoms with Crippen LogP contribution in [0.25, 0.3) is 0 Å². The lowest BCUT2D eigenvalue weighted by atomic mass is 10.0. The first-order chi connectivity index (χ1) is 11.7. The highest BCUT2D eigenvalue weighted by Crippen LogP contribution is 2.21. The summed E-state index contributed by atoms with van der Waals surface area (Å²) in [4.78, 5) is 12.1. The van der Waals surface area contributed by atoms with Crippen LogP contribution < -0.4 is 0 Å². The maximum Gasteiger partial charge on any atom is 0.292 e. The molecule has 0 aromatic rings. The maximum absolute atomic E-state index is 12.1. The molecule has 4 heteroatoms. The first-order valence-corrected chi connectivity index (χ1v) is 17.7. The first kappa shape index (κ1) is 24.9. The monoisotopic (exact) mass is 386 g/mol. The predicted octanol–water partition coefficient (Wildman–Crippen LogP) is 7.70. The van der Waals surface area contributed by atoms with Crippen molar-refractivity contribution >= 4 is 22.4 Å². The Labute approximate surface area is 160 Å². The van der Waals surface area contributed by atoms with Crippen molar-refractivity contribution in [2.75, 3.05) is 0 Å². The molecule has 0 bridgehead atoms. The van der Waals surface area contributed by atoms with Gasteiger partial charge >= 0.3 is 0 Å². The summed E-state index contributed by atoms with van der Waals surface area (Å²) in [6.45, 7) is 13.8. The van der Waals surface area contributed by atoms with E-state index in [0.717, 1.165) is 6.42 Å². The van der Waals surface area contributed by atoms with Gasteiger partial charge in [-0.2, -0.15) is 0 Å². The van der Waals surface area contributed by atoms with Gasteiger partial charge in [0.1, 0.15) is 0 Å². The van der Waals surface area contributed by atoms with Gasteiger partial charge in [0.15, 0.2) is 0 Å². The van der Waals surface area contributed by atoms with Gasteiger partial charge in [-0.25, -0.2) is 0 Å². The summed E-state index contributed by atoms with van der Waals surface area (Å²) in [5.74, 6) is 0.0574. The number of unbranched alkanes of at least 4 members (excludes halogenated alkanes) is 11.